The number of carbonyl (C=O) groups excluding carboxylic acids is 1. The molecular formula is C16H17N3O4S. The molecule has 0 amide bonds. The number of thiophene rings is 1. The molecule has 0 fully saturated rings. The quantitative estimate of drug-likeness (QED) is 0.678. The topological polar surface area (TPSA) is 87.8 Å². The number of hydrogen-bond donors (Lipinski definition) is 2. The van der Waals surface area contributed by atoms with Gasteiger partial charge >= 0.3 is 6.09 Å². The van der Waals surface area contributed by atoms with Crippen molar-refractivity contribution >= 4 is 34.2 Å². The molecule has 3 heterocycles. The highest BCUT2D eigenvalue weighted by Gasteiger charge is 2.25. The first-order valence-electron chi connectivity index (χ1n) is 7.23. The number of carbonyl (C=O) groups is 1. The molecule has 3 aromatic heterocycles. The lowest BCUT2D eigenvalue weighted by molar-refractivity contribution is 0.0213. The summed E-state index contributed by atoms with van der Waals surface area (Å²) < 4.78 is 6.48. The second kappa shape index (κ2) is 5.90. The molecule has 126 valence electrons. The maximum absolute atomic E-state index is 12.5. The molecule has 24 heavy (non-hydrogen) atoms. The van der Waals surface area contributed by atoms with Crippen molar-refractivity contribution in [2.45, 2.75) is 26.4 Å². The van der Waals surface area contributed by atoms with Crippen molar-refractivity contribution in [1.29, 1.82) is 0 Å². The Hall–Kier alpha value is -2.42. The van der Waals surface area contributed by atoms with E-state index in [4.69, 9.17) is 4.74 Å². The fourth-order valence-corrected chi connectivity index (χ4v) is 3.11. The summed E-state index contributed by atoms with van der Waals surface area (Å²) in [6.45, 7) is 5.22. The molecule has 7 nitrogen and oxygen atoms in total. The van der Waals surface area contributed by atoms with Gasteiger partial charge in [-0.3, -0.25) is 15.4 Å². The third-order valence-electron chi connectivity index (χ3n) is 3.25. The zero-order chi connectivity index (χ0) is 17.5. The second-order valence-electron chi connectivity index (χ2n) is 6.18. The third-order valence-corrected chi connectivity index (χ3v) is 4.12. The van der Waals surface area contributed by atoms with Gasteiger partial charge in [0, 0.05) is 11.6 Å². The van der Waals surface area contributed by atoms with Gasteiger partial charge in [-0.1, -0.05) is 6.07 Å². The Labute approximate surface area is 142 Å². The first-order chi connectivity index (χ1) is 11.3. The summed E-state index contributed by atoms with van der Waals surface area (Å²) in [4.78, 5) is 17.8. The van der Waals surface area contributed by atoms with Crippen molar-refractivity contribution in [2.75, 3.05) is 5.23 Å². The zero-order valence-electron chi connectivity index (χ0n) is 13.4. The van der Waals surface area contributed by atoms with E-state index in [1.54, 1.807) is 33.0 Å². The first kappa shape index (κ1) is 16.4. The molecule has 0 saturated heterocycles. The average Bonchev–Trinajstić information content (AvgIpc) is 3.12. The van der Waals surface area contributed by atoms with Crippen LogP contribution in [0, 0.1) is 0 Å². The van der Waals surface area contributed by atoms with Crippen molar-refractivity contribution in [2.24, 2.45) is 0 Å². The molecule has 3 rings (SSSR count). The Balaban J connectivity index is 2.23. The lowest BCUT2D eigenvalue weighted by Gasteiger charge is -2.21. The van der Waals surface area contributed by atoms with Crippen LogP contribution in [-0.4, -0.2) is 31.7 Å². The molecule has 0 unspecified atom stereocenters. The summed E-state index contributed by atoms with van der Waals surface area (Å²) in [7, 11) is 0. The van der Waals surface area contributed by atoms with Crippen LogP contribution in [0.25, 0.3) is 21.5 Å². The minimum atomic E-state index is -0.718. The highest BCUT2D eigenvalue weighted by Crippen LogP contribution is 2.34. The number of aromatic nitrogens is 2. The van der Waals surface area contributed by atoms with E-state index < -0.39 is 11.7 Å². The Kier molecular flexibility index (Phi) is 4.04. The van der Waals surface area contributed by atoms with Crippen molar-refractivity contribution in [3.63, 3.8) is 0 Å². The summed E-state index contributed by atoms with van der Waals surface area (Å²) >= 11 is 1.51. The summed E-state index contributed by atoms with van der Waals surface area (Å²) in [6.07, 6.45) is 0.866. The number of rotatable bonds is 2. The lowest BCUT2D eigenvalue weighted by atomic mass is 10.2. The van der Waals surface area contributed by atoms with Gasteiger partial charge in [-0.05, 0) is 44.4 Å². The van der Waals surface area contributed by atoms with Gasteiger partial charge in [0.15, 0.2) is 5.82 Å². The molecule has 0 radical (unpaired) electrons. The van der Waals surface area contributed by atoms with Crippen molar-refractivity contribution in [3.05, 3.63) is 35.8 Å². The average molecular weight is 347 g/mol. The molecule has 8 heteroatoms. The molecular weight excluding hydrogens is 330 g/mol. The maximum Gasteiger partial charge on any atom is 0.420 e. The fourth-order valence-electron chi connectivity index (χ4n) is 2.37. The van der Waals surface area contributed by atoms with E-state index in [1.165, 1.54) is 17.4 Å². The van der Waals surface area contributed by atoms with Crippen LogP contribution in [0.2, 0.25) is 0 Å². The first-order valence-corrected chi connectivity index (χ1v) is 8.11. The largest absolute Gasteiger partial charge is 0.443 e. The van der Waals surface area contributed by atoms with Crippen LogP contribution in [0.5, 0.6) is 0 Å². The summed E-state index contributed by atoms with van der Waals surface area (Å²) in [5.74, 6) is -0.120. The van der Waals surface area contributed by atoms with Gasteiger partial charge in [-0.25, -0.2) is 9.36 Å². The number of fused-ring (bicyclic) bond motifs is 1. The highest BCUT2D eigenvalue weighted by atomic mass is 32.1. The van der Waals surface area contributed by atoms with E-state index in [9.17, 15) is 15.2 Å². The Morgan fingerprint density at radius 2 is 2.08 bits per heavy atom. The predicted octanol–water partition coefficient (Wildman–Crippen LogP) is 4.13. The smallest absolute Gasteiger partial charge is 0.420 e. The molecule has 0 aliphatic carbocycles. The van der Waals surface area contributed by atoms with Crippen LogP contribution in [0.3, 0.4) is 0 Å². The molecule has 0 aromatic carbocycles. The molecule has 0 saturated carbocycles. The van der Waals surface area contributed by atoms with Gasteiger partial charge in [0.1, 0.15) is 5.60 Å². The maximum atomic E-state index is 12.5. The van der Waals surface area contributed by atoms with Crippen molar-refractivity contribution < 1.29 is 19.9 Å². The molecule has 0 bridgehead atoms. The van der Waals surface area contributed by atoms with Gasteiger partial charge < -0.3 is 4.74 Å². The standard InChI is InChI=1S/C16H17N3O4S/c1-16(2,3)23-15(20)18-11-6-7-17-14(12-5-4-8-24-12)10(11)9-13(18)19(21)22/h4-9,21-22H,1-3H3. The van der Waals surface area contributed by atoms with E-state index in [0.29, 0.717) is 16.6 Å². The number of hydrogen-bond acceptors (Lipinski definition) is 7. The molecule has 3 aromatic rings. The van der Waals surface area contributed by atoms with Crippen LogP contribution < -0.4 is 5.23 Å². The SMILES string of the molecule is CC(C)(C)OC(=O)n1c(N(O)O)cc2c(-c3cccs3)nccc21. The van der Waals surface area contributed by atoms with E-state index in [0.717, 1.165) is 9.44 Å². The van der Waals surface area contributed by atoms with E-state index in [2.05, 4.69) is 4.98 Å². The minimum Gasteiger partial charge on any atom is -0.443 e. The Morgan fingerprint density at radius 1 is 1.33 bits per heavy atom. The Morgan fingerprint density at radius 3 is 2.67 bits per heavy atom. The van der Waals surface area contributed by atoms with Crippen LogP contribution in [0.15, 0.2) is 35.8 Å². The summed E-state index contributed by atoms with van der Waals surface area (Å²) in [6, 6.07) is 6.92. The third kappa shape index (κ3) is 2.99. The zero-order valence-corrected chi connectivity index (χ0v) is 14.2. The van der Waals surface area contributed by atoms with Gasteiger partial charge in [0.05, 0.1) is 16.1 Å². The van der Waals surface area contributed by atoms with Gasteiger partial charge in [0.2, 0.25) is 0 Å². The van der Waals surface area contributed by atoms with E-state index in [1.807, 2.05) is 17.5 Å². The van der Waals surface area contributed by atoms with Gasteiger partial charge in [-0.15, -0.1) is 16.6 Å². The van der Waals surface area contributed by atoms with Crippen LogP contribution in [-0.2, 0) is 4.74 Å². The fraction of sp³-hybridized carbons (Fsp3) is 0.250. The summed E-state index contributed by atoms with van der Waals surface area (Å²) in [5.41, 5.74) is 0.420. The predicted molar refractivity (Wildman–Crippen MR) is 90.7 cm³/mol. The van der Waals surface area contributed by atoms with E-state index in [-0.39, 0.29) is 11.0 Å². The number of nitrogens with zero attached hydrogens (tertiary/aromatic N) is 3. The number of pyridine rings is 1. The minimum absolute atomic E-state index is 0.0951. The van der Waals surface area contributed by atoms with Crippen LogP contribution >= 0.6 is 11.3 Å². The monoisotopic (exact) mass is 347 g/mol. The highest BCUT2D eigenvalue weighted by molar-refractivity contribution is 7.13. The molecule has 0 spiro atoms. The Bertz CT molecular complexity index is 879. The summed E-state index contributed by atoms with van der Waals surface area (Å²) in [5, 5.41) is 21.5. The molecule has 0 atom stereocenters. The van der Waals surface area contributed by atoms with Gasteiger partial charge in [-0.2, -0.15) is 0 Å². The molecule has 0 aliphatic rings. The second-order valence-corrected chi connectivity index (χ2v) is 7.13. The normalized spacial score (nSPS) is 11.7. The van der Waals surface area contributed by atoms with Crippen LogP contribution in [0.1, 0.15) is 20.8 Å². The number of anilines is 1. The van der Waals surface area contributed by atoms with Crippen molar-refractivity contribution in [3.8, 4) is 10.6 Å². The number of ether oxygens (including phenoxy) is 1. The van der Waals surface area contributed by atoms with Gasteiger partial charge in [0.25, 0.3) is 0 Å². The molecule has 2 N–H and O–H groups in total. The van der Waals surface area contributed by atoms with E-state index >= 15 is 0 Å². The molecule has 0 aliphatic heterocycles. The lowest BCUT2D eigenvalue weighted by Crippen LogP contribution is -2.29. The van der Waals surface area contributed by atoms with Crippen molar-refractivity contribution in [1.82, 2.24) is 9.55 Å². The van der Waals surface area contributed by atoms with Crippen LogP contribution in [0.4, 0.5) is 10.6 Å².